The van der Waals surface area contributed by atoms with Crippen molar-refractivity contribution in [1.82, 2.24) is 10.2 Å². The smallest absolute Gasteiger partial charge is 0.0634 e. The van der Waals surface area contributed by atoms with E-state index in [2.05, 4.69) is 17.1 Å². The summed E-state index contributed by atoms with van der Waals surface area (Å²) in [6.07, 6.45) is 9.75. The standard InChI is InChI=1S/C11H16N2/c1-9-11-7-5-3-2-4-6-10(11)8-12-13-9/h8H,2-7H2,1H3. The summed E-state index contributed by atoms with van der Waals surface area (Å²) in [5.74, 6) is 0. The number of hydrogen-bond donors (Lipinski definition) is 0. The van der Waals surface area contributed by atoms with Crippen LogP contribution in [0.5, 0.6) is 0 Å². The molecule has 0 unspecified atom stereocenters. The highest BCUT2D eigenvalue weighted by Gasteiger charge is 2.09. The number of hydrogen-bond acceptors (Lipinski definition) is 2. The summed E-state index contributed by atoms with van der Waals surface area (Å²) in [5, 5.41) is 8.13. The lowest BCUT2D eigenvalue weighted by molar-refractivity contribution is 0.609. The molecule has 0 saturated heterocycles. The van der Waals surface area contributed by atoms with Crippen LogP contribution in [0.3, 0.4) is 0 Å². The molecule has 70 valence electrons. The second-order valence-electron chi connectivity index (χ2n) is 3.85. The van der Waals surface area contributed by atoms with E-state index in [1.807, 2.05) is 6.20 Å². The Kier molecular flexibility index (Phi) is 2.57. The highest BCUT2D eigenvalue weighted by molar-refractivity contribution is 5.27. The number of nitrogens with zero attached hydrogens (tertiary/aromatic N) is 2. The molecule has 2 rings (SSSR count). The Morgan fingerprint density at radius 3 is 2.69 bits per heavy atom. The number of aromatic nitrogens is 2. The highest BCUT2D eigenvalue weighted by Crippen LogP contribution is 2.20. The first-order chi connectivity index (χ1) is 6.38. The lowest BCUT2D eigenvalue weighted by Crippen LogP contribution is -2.04. The van der Waals surface area contributed by atoms with Crippen molar-refractivity contribution < 1.29 is 0 Å². The number of rotatable bonds is 0. The van der Waals surface area contributed by atoms with E-state index in [4.69, 9.17) is 0 Å². The molecule has 1 aliphatic rings. The zero-order valence-corrected chi connectivity index (χ0v) is 8.21. The fraction of sp³-hybridized carbons (Fsp3) is 0.636. The molecule has 13 heavy (non-hydrogen) atoms. The lowest BCUT2D eigenvalue weighted by atomic mass is 9.94. The molecule has 0 N–H and O–H groups in total. The molecule has 0 aliphatic heterocycles. The molecule has 1 aromatic rings. The van der Waals surface area contributed by atoms with Crippen molar-refractivity contribution in [2.75, 3.05) is 0 Å². The maximum Gasteiger partial charge on any atom is 0.0634 e. The van der Waals surface area contributed by atoms with Crippen LogP contribution in [0.15, 0.2) is 6.20 Å². The van der Waals surface area contributed by atoms with Crippen molar-refractivity contribution in [1.29, 1.82) is 0 Å². The molecule has 2 heteroatoms. The van der Waals surface area contributed by atoms with Gasteiger partial charge in [-0.25, -0.2) is 0 Å². The molecule has 0 saturated carbocycles. The van der Waals surface area contributed by atoms with Gasteiger partial charge in [-0.05, 0) is 43.7 Å². The van der Waals surface area contributed by atoms with Gasteiger partial charge in [0.15, 0.2) is 0 Å². The summed E-state index contributed by atoms with van der Waals surface area (Å²) in [6.45, 7) is 2.08. The maximum absolute atomic E-state index is 4.11. The van der Waals surface area contributed by atoms with Gasteiger partial charge in [-0.15, -0.1) is 0 Å². The van der Waals surface area contributed by atoms with E-state index in [9.17, 15) is 0 Å². The average molecular weight is 176 g/mol. The fourth-order valence-corrected chi connectivity index (χ4v) is 2.08. The molecule has 0 spiro atoms. The van der Waals surface area contributed by atoms with Crippen molar-refractivity contribution >= 4 is 0 Å². The van der Waals surface area contributed by atoms with Crippen LogP contribution in [0.1, 0.15) is 42.5 Å². The number of fused-ring (bicyclic) bond motifs is 1. The van der Waals surface area contributed by atoms with Gasteiger partial charge in [0.2, 0.25) is 0 Å². The topological polar surface area (TPSA) is 25.8 Å². The minimum atomic E-state index is 1.14. The molecule has 0 bridgehead atoms. The van der Waals surface area contributed by atoms with Crippen LogP contribution in [0, 0.1) is 6.92 Å². The SMILES string of the molecule is Cc1nncc2c1CCCCCC2. The van der Waals surface area contributed by atoms with Crippen molar-refractivity contribution in [2.24, 2.45) is 0 Å². The molecule has 0 atom stereocenters. The Balaban J connectivity index is 2.33. The first kappa shape index (κ1) is 8.67. The van der Waals surface area contributed by atoms with Crippen LogP contribution in [-0.4, -0.2) is 10.2 Å². The van der Waals surface area contributed by atoms with Crippen LogP contribution < -0.4 is 0 Å². The van der Waals surface area contributed by atoms with E-state index in [0.717, 1.165) is 5.69 Å². The summed E-state index contributed by atoms with van der Waals surface area (Å²) < 4.78 is 0. The van der Waals surface area contributed by atoms with Gasteiger partial charge in [-0.2, -0.15) is 10.2 Å². The summed E-state index contributed by atoms with van der Waals surface area (Å²) in [7, 11) is 0. The Hall–Kier alpha value is -0.920. The van der Waals surface area contributed by atoms with Gasteiger partial charge in [-0.3, -0.25) is 0 Å². The van der Waals surface area contributed by atoms with Gasteiger partial charge in [0.05, 0.1) is 11.9 Å². The molecule has 1 heterocycles. The third-order valence-corrected chi connectivity index (χ3v) is 2.87. The van der Waals surface area contributed by atoms with E-state index in [1.165, 1.54) is 49.7 Å². The lowest BCUT2D eigenvalue weighted by Gasteiger charge is -2.13. The second kappa shape index (κ2) is 3.86. The Labute approximate surface area is 79.4 Å². The largest absolute Gasteiger partial charge is 0.159 e. The van der Waals surface area contributed by atoms with Gasteiger partial charge in [0, 0.05) is 0 Å². The van der Waals surface area contributed by atoms with E-state index < -0.39 is 0 Å². The zero-order chi connectivity index (χ0) is 9.10. The molecule has 2 nitrogen and oxygen atoms in total. The molecule has 0 fully saturated rings. The highest BCUT2D eigenvalue weighted by atomic mass is 15.1. The third-order valence-electron chi connectivity index (χ3n) is 2.87. The molecule has 0 amide bonds. The van der Waals surface area contributed by atoms with Crippen LogP contribution in [0.25, 0.3) is 0 Å². The van der Waals surface area contributed by atoms with E-state index in [-0.39, 0.29) is 0 Å². The summed E-state index contributed by atoms with van der Waals surface area (Å²) >= 11 is 0. The zero-order valence-electron chi connectivity index (χ0n) is 8.21. The van der Waals surface area contributed by atoms with Crippen LogP contribution in [0.4, 0.5) is 0 Å². The summed E-state index contributed by atoms with van der Waals surface area (Å²) in [6, 6.07) is 0. The van der Waals surface area contributed by atoms with Crippen molar-refractivity contribution in [3.8, 4) is 0 Å². The van der Waals surface area contributed by atoms with Crippen LogP contribution in [0.2, 0.25) is 0 Å². The first-order valence-electron chi connectivity index (χ1n) is 5.18. The number of aryl methyl sites for hydroxylation is 2. The van der Waals surface area contributed by atoms with Gasteiger partial charge in [0.25, 0.3) is 0 Å². The van der Waals surface area contributed by atoms with Crippen molar-refractivity contribution in [3.05, 3.63) is 23.0 Å². The van der Waals surface area contributed by atoms with E-state index in [0.29, 0.717) is 0 Å². The van der Waals surface area contributed by atoms with Gasteiger partial charge >= 0.3 is 0 Å². The second-order valence-corrected chi connectivity index (χ2v) is 3.85. The molecule has 1 aromatic heterocycles. The normalized spacial score (nSPS) is 17.3. The molecule has 0 aromatic carbocycles. The average Bonchev–Trinajstić information content (AvgIpc) is 2.07. The third kappa shape index (κ3) is 1.87. The molecular weight excluding hydrogens is 160 g/mol. The molecular formula is C11H16N2. The maximum atomic E-state index is 4.11. The van der Waals surface area contributed by atoms with Crippen molar-refractivity contribution in [3.63, 3.8) is 0 Å². The predicted octanol–water partition coefficient (Wildman–Crippen LogP) is 2.44. The Morgan fingerprint density at radius 2 is 1.85 bits per heavy atom. The molecule has 1 aliphatic carbocycles. The molecule has 0 radical (unpaired) electrons. The van der Waals surface area contributed by atoms with E-state index in [1.54, 1.807) is 0 Å². The van der Waals surface area contributed by atoms with Crippen LogP contribution >= 0.6 is 0 Å². The monoisotopic (exact) mass is 176 g/mol. The minimum Gasteiger partial charge on any atom is -0.159 e. The van der Waals surface area contributed by atoms with Gasteiger partial charge in [-0.1, -0.05) is 12.8 Å². The summed E-state index contributed by atoms with van der Waals surface area (Å²) in [5.41, 5.74) is 4.04. The fourth-order valence-electron chi connectivity index (χ4n) is 2.08. The first-order valence-corrected chi connectivity index (χ1v) is 5.18. The predicted molar refractivity (Wildman–Crippen MR) is 52.6 cm³/mol. The van der Waals surface area contributed by atoms with Crippen molar-refractivity contribution in [2.45, 2.75) is 45.4 Å². The van der Waals surface area contributed by atoms with Gasteiger partial charge < -0.3 is 0 Å². The Morgan fingerprint density at radius 1 is 1.08 bits per heavy atom. The van der Waals surface area contributed by atoms with Gasteiger partial charge in [0.1, 0.15) is 0 Å². The Bertz CT molecular complexity index is 294. The van der Waals surface area contributed by atoms with Crippen LogP contribution in [-0.2, 0) is 12.8 Å². The quantitative estimate of drug-likeness (QED) is 0.606. The minimum absolute atomic E-state index is 1.14. The summed E-state index contributed by atoms with van der Waals surface area (Å²) in [4.78, 5) is 0. The van der Waals surface area contributed by atoms with E-state index >= 15 is 0 Å².